The fourth-order valence-corrected chi connectivity index (χ4v) is 3.07. The molecule has 3 rings (SSSR count). The zero-order valence-electron chi connectivity index (χ0n) is 11.2. The van der Waals surface area contributed by atoms with Crippen LogP contribution in [-0.2, 0) is 13.0 Å². The van der Waals surface area contributed by atoms with Crippen molar-refractivity contribution in [3.05, 3.63) is 11.7 Å². The van der Waals surface area contributed by atoms with Gasteiger partial charge in [0.1, 0.15) is 0 Å². The highest BCUT2D eigenvalue weighted by Crippen LogP contribution is 2.26. The molecule has 0 amide bonds. The number of nitrogens with zero attached hydrogens (tertiary/aromatic N) is 3. The van der Waals surface area contributed by atoms with Gasteiger partial charge in [0, 0.05) is 19.5 Å². The summed E-state index contributed by atoms with van der Waals surface area (Å²) in [4.78, 5) is 6.93. The molecule has 0 spiro atoms. The van der Waals surface area contributed by atoms with Crippen LogP contribution in [0.25, 0.3) is 0 Å². The van der Waals surface area contributed by atoms with E-state index in [1.54, 1.807) is 0 Å². The molecule has 2 fully saturated rings. The van der Waals surface area contributed by atoms with E-state index in [1.165, 1.54) is 26.2 Å². The monoisotopic (exact) mass is 250 g/mol. The van der Waals surface area contributed by atoms with Gasteiger partial charge in [-0.15, -0.1) is 0 Å². The fourth-order valence-electron chi connectivity index (χ4n) is 3.07. The minimum Gasteiger partial charge on any atom is -0.339 e. The average Bonchev–Trinajstić information content (AvgIpc) is 2.93. The van der Waals surface area contributed by atoms with Gasteiger partial charge in [-0.1, -0.05) is 19.0 Å². The summed E-state index contributed by atoms with van der Waals surface area (Å²) >= 11 is 0. The van der Waals surface area contributed by atoms with Crippen LogP contribution in [0.4, 0.5) is 0 Å². The van der Waals surface area contributed by atoms with E-state index in [-0.39, 0.29) is 0 Å². The molecule has 0 aliphatic carbocycles. The van der Waals surface area contributed by atoms with Crippen molar-refractivity contribution in [1.29, 1.82) is 0 Å². The van der Waals surface area contributed by atoms with Crippen molar-refractivity contribution >= 4 is 0 Å². The van der Waals surface area contributed by atoms with Gasteiger partial charge in [-0.05, 0) is 30.8 Å². The average molecular weight is 250 g/mol. The number of likely N-dealkylation sites (tertiary alicyclic amines) is 1. The maximum Gasteiger partial charge on any atom is 0.226 e. The third-order valence-corrected chi connectivity index (χ3v) is 3.92. The van der Waals surface area contributed by atoms with Gasteiger partial charge in [-0.25, -0.2) is 0 Å². The van der Waals surface area contributed by atoms with Crippen LogP contribution in [-0.4, -0.2) is 41.2 Å². The first-order chi connectivity index (χ1) is 8.70. The fraction of sp³-hybridized carbons (Fsp3) is 0.846. The topological polar surface area (TPSA) is 54.2 Å². The smallest absolute Gasteiger partial charge is 0.226 e. The predicted molar refractivity (Wildman–Crippen MR) is 68.0 cm³/mol. The van der Waals surface area contributed by atoms with Crippen LogP contribution in [0.15, 0.2) is 4.52 Å². The number of rotatable bonds is 4. The summed E-state index contributed by atoms with van der Waals surface area (Å²) in [6.45, 7) is 9.86. The lowest BCUT2D eigenvalue weighted by Gasteiger charge is -2.13. The maximum absolute atomic E-state index is 5.28. The maximum atomic E-state index is 5.28. The third-order valence-electron chi connectivity index (χ3n) is 3.92. The molecule has 1 N–H and O–H groups in total. The minimum atomic E-state index is 0.565. The predicted octanol–water partition coefficient (Wildman–Crippen LogP) is 0.919. The molecule has 2 saturated heterocycles. The van der Waals surface area contributed by atoms with Gasteiger partial charge in [0.05, 0.1) is 6.54 Å². The van der Waals surface area contributed by atoms with E-state index in [9.17, 15) is 0 Å². The second-order valence-corrected chi connectivity index (χ2v) is 6.07. The van der Waals surface area contributed by atoms with E-state index >= 15 is 0 Å². The van der Waals surface area contributed by atoms with Crippen LogP contribution in [0.2, 0.25) is 0 Å². The van der Waals surface area contributed by atoms with Gasteiger partial charge in [0.15, 0.2) is 5.82 Å². The van der Waals surface area contributed by atoms with Crippen LogP contribution >= 0.6 is 0 Å². The Balaban J connectivity index is 1.55. The lowest BCUT2D eigenvalue weighted by Crippen LogP contribution is -2.25. The Morgan fingerprint density at radius 3 is 2.72 bits per heavy atom. The molecule has 0 bridgehead atoms. The molecule has 2 aliphatic rings. The number of hydrogen-bond donors (Lipinski definition) is 1. The van der Waals surface area contributed by atoms with Crippen molar-refractivity contribution in [2.24, 2.45) is 17.8 Å². The van der Waals surface area contributed by atoms with Crippen LogP contribution in [0.5, 0.6) is 0 Å². The zero-order valence-corrected chi connectivity index (χ0v) is 11.2. The molecule has 3 heterocycles. The first-order valence-electron chi connectivity index (χ1n) is 6.95. The summed E-state index contributed by atoms with van der Waals surface area (Å²) in [5, 5.41) is 7.54. The van der Waals surface area contributed by atoms with Gasteiger partial charge in [0.25, 0.3) is 0 Å². The normalized spacial score (nSPS) is 28.2. The minimum absolute atomic E-state index is 0.565. The number of aromatic nitrogens is 2. The molecule has 1 aromatic heterocycles. The Morgan fingerprint density at radius 1 is 1.33 bits per heavy atom. The third kappa shape index (κ3) is 2.57. The van der Waals surface area contributed by atoms with Gasteiger partial charge in [-0.2, -0.15) is 4.98 Å². The molecular formula is C13H22N4O. The highest BCUT2D eigenvalue weighted by molar-refractivity contribution is 4.94. The molecule has 5 heteroatoms. The summed E-state index contributed by atoms with van der Waals surface area (Å²) < 4.78 is 5.28. The lowest BCUT2D eigenvalue weighted by atomic mass is 10.0. The van der Waals surface area contributed by atoms with Gasteiger partial charge in [0.2, 0.25) is 5.89 Å². The van der Waals surface area contributed by atoms with Crippen molar-refractivity contribution in [2.75, 3.05) is 26.2 Å². The molecule has 2 aliphatic heterocycles. The van der Waals surface area contributed by atoms with Crippen molar-refractivity contribution in [1.82, 2.24) is 20.4 Å². The number of hydrogen-bond acceptors (Lipinski definition) is 5. The highest BCUT2D eigenvalue weighted by atomic mass is 16.5. The van der Waals surface area contributed by atoms with Crippen LogP contribution < -0.4 is 5.32 Å². The van der Waals surface area contributed by atoms with E-state index in [2.05, 4.69) is 34.2 Å². The molecule has 100 valence electrons. The van der Waals surface area contributed by atoms with E-state index in [4.69, 9.17) is 4.52 Å². The molecule has 1 aromatic rings. The number of fused-ring (bicyclic) bond motifs is 1. The Morgan fingerprint density at radius 2 is 2.06 bits per heavy atom. The van der Waals surface area contributed by atoms with Crippen molar-refractivity contribution in [2.45, 2.75) is 26.8 Å². The Hall–Kier alpha value is -0.940. The summed E-state index contributed by atoms with van der Waals surface area (Å²) in [7, 11) is 0. The SMILES string of the molecule is CC(C)Cc1nc(CN2CC3CNCC3C2)no1. The molecule has 2 atom stereocenters. The first kappa shape index (κ1) is 12.1. The first-order valence-corrected chi connectivity index (χ1v) is 6.95. The van der Waals surface area contributed by atoms with Crippen molar-refractivity contribution in [3.8, 4) is 0 Å². The van der Waals surface area contributed by atoms with Crippen LogP contribution in [0.3, 0.4) is 0 Å². The molecule has 5 nitrogen and oxygen atoms in total. The molecule has 18 heavy (non-hydrogen) atoms. The van der Waals surface area contributed by atoms with Crippen LogP contribution in [0.1, 0.15) is 25.6 Å². The van der Waals surface area contributed by atoms with Gasteiger partial charge < -0.3 is 9.84 Å². The summed E-state index contributed by atoms with van der Waals surface area (Å²) in [6.07, 6.45) is 0.877. The second-order valence-electron chi connectivity index (χ2n) is 6.07. The van der Waals surface area contributed by atoms with Gasteiger partial charge in [-0.3, -0.25) is 4.90 Å². The Bertz CT molecular complexity index is 391. The summed E-state index contributed by atoms with van der Waals surface area (Å²) in [5.41, 5.74) is 0. The lowest BCUT2D eigenvalue weighted by molar-refractivity contribution is 0.288. The van der Waals surface area contributed by atoms with Crippen LogP contribution in [0, 0.1) is 17.8 Å². The van der Waals surface area contributed by atoms with Crippen molar-refractivity contribution < 1.29 is 4.52 Å². The molecule has 0 saturated carbocycles. The quantitative estimate of drug-likeness (QED) is 0.861. The van der Waals surface area contributed by atoms with E-state index in [1.807, 2.05) is 0 Å². The zero-order chi connectivity index (χ0) is 12.5. The molecular weight excluding hydrogens is 228 g/mol. The number of nitrogens with one attached hydrogen (secondary N) is 1. The Kier molecular flexibility index (Phi) is 3.35. The van der Waals surface area contributed by atoms with E-state index < -0.39 is 0 Å². The van der Waals surface area contributed by atoms with E-state index in [0.29, 0.717) is 5.92 Å². The summed E-state index contributed by atoms with van der Waals surface area (Å²) in [6, 6.07) is 0. The highest BCUT2D eigenvalue weighted by Gasteiger charge is 2.36. The molecule has 0 radical (unpaired) electrons. The molecule has 2 unspecified atom stereocenters. The summed E-state index contributed by atoms with van der Waals surface area (Å²) in [5.74, 6) is 3.84. The van der Waals surface area contributed by atoms with E-state index in [0.717, 1.165) is 36.5 Å². The standard InChI is InChI=1S/C13H22N4O/c1-9(2)3-13-15-12(16-18-13)8-17-6-10-4-14-5-11(10)7-17/h9-11,14H,3-8H2,1-2H3. The van der Waals surface area contributed by atoms with Gasteiger partial charge >= 0.3 is 0 Å². The second kappa shape index (κ2) is 4.97. The molecule has 0 aromatic carbocycles. The Labute approximate surface area is 108 Å². The van der Waals surface area contributed by atoms with Crippen molar-refractivity contribution in [3.63, 3.8) is 0 Å². The largest absolute Gasteiger partial charge is 0.339 e.